The molecule has 21 heavy (non-hydrogen) atoms. The van der Waals surface area contributed by atoms with Crippen molar-refractivity contribution in [3.63, 3.8) is 0 Å². The number of rotatable bonds is 4. The molecule has 3 amide bonds. The lowest BCUT2D eigenvalue weighted by Gasteiger charge is -2.14. The molecule has 2 N–H and O–H groups in total. The molecule has 0 radical (unpaired) electrons. The van der Waals surface area contributed by atoms with Gasteiger partial charge in [-0.05, 0) is 18.6 Å². The Labute approximate surface area is 122 Å². The molecule has 0 spiro atoms. The van der Waals surface area contributed by atoms with E-state index in [0.29, 0.717) is 12.1 Å². The van der Waals surface area contributed by atoms with Crippen molar-refractivity contribution in [2.24, 2.45) is 0 Å². The highest BCUT2D eigenvalue weighted by atomic mass is 16.6. The summed E-state index contributed by atoms with van der Waals surface area (Å²) in [5.74, 6) is 0. The van der Waals surface area contributed by atoms with Gasteiger partial charge in [-0.15, -0.1) is 0 Å². The summed E-state index contributed by atoms with van der Waals surface area (Å²) in [6.07, 6.45) is 1.04. The highest BCUT2D eigenvalue weighted by Crippen LogP contribution is 2.15. The van der Waals surface area contributed by atoms with Crippen LogP contribution in [0.4, 0.5) is 9.59 Å². The molecule has 0 aliphatic rings. The largest absolute Gasteiger partial charge is 0.425 e. The second-order valence-corrected chi connectivity index (χ2v) is 4.57. The summed E-state index contributed by atoms with van der Waals surface area (Å²) in [5, 5.41) is 2.63. The van der Waals surface area contributed by atoms with Crippen molar-refractivity contribution in [1.82, 2.24) is 20.2 Å². The summed E-state index contributed by atoms with van der Waals surface area (Å²) in [6, 6.07) is 6.87. The molecule has 0 bridgehead atoms. The third-order valence-corrected chi connectivity index (χ3v) is 2.94. The van der Waals surface area contributed by atoms with E-state index < -0.39 is 12.1 Å². The molecule has 0 aliphatic heterocycles. The number of H-pyrrole nitrogens is 1. The van der Waals surface area contributed by atoms with Crippen molar-refractivity contribution in [2.45, 2.75) is 19.8 Å². The average Bonchev–Trinajstić information content (AvgIpc) is 2.88. The highest BCUT2D eigenvalue weighted by Gasteiger charge is 2.19. The predicted octanol–water partition coefficient (Wildman–Crippen LogP) is 2.50. The first-order valence-corrected chi connectivity index (χ1v) is 6.80. The lowest BCUT2D eigenvalue weighted by molar-refractivity contribution is 0.159. The van der Waals surface area contributed by atoms with Gasteiger partial charge in [0.2, 0.25) is 0 Å². The van der Waals surface area contributed by atoms with Gasteiger partial charge < -0.3 is 15.0 Å². The minimum absolute atomic E-state index is 0.0643. The first-order valence-electron chi connectivity index (χ1n) is 6.80. The summed E-state index contributed by atoms with van der Waals surface area (Å²) in [7, 11) is 1.35. The van der Waals surface area contributed by atoms with E-state index >= 15 is 0 Å². The number of aromatic nitrogens is 2. The van der Waals surface area contributed by atoms with Gasteiger partial charge in [0.25, 0.3) is 0 Å². The minimum Gasteiger partial charge on any atom is -0.375 e. The van der Waals surface area contributed by atoms with E-state index in [1.165, 1.54) is 7.05 Å². The van der Waals surface area contributed by atoms with Gasteiger partial charge in [-0.2, -0.15) is 4.98 Å². The molecule has 7 nitrogen and oxygen atoms in total. The number of carbonyl (C=O) groups excluding carboxylic acids is 2. The van der Waals surface area contributed by atoms with Gasteiger partial charge in [0, 0.05) is 13.6 Å². The number of amides is 3. The second kappa shape index (κ2) is 6.74. The maximum atomic E-state index is 11.8. The van der Waals surface area contributed by atoms with E-state index in [4.69, 9.17) is 4.74 Å². The third-order valence-electron chi connectivity index (χ3n) is 2.94. The van der Waals surface area contributed by atoms with Gasteiger partial charge >= 0.3 is 18.1 Å². The third kappa shape index (κ3) is 3.71. The first kappa shape index (κ1) is 14.8. The Morgan fingerprint density at radius 1 is 1.38 bits per heavy atom. The smallest absolute Gasteiger partial charge is 0.375 e. The Morgan fingerprint density at radius 2 is 2.14 bits per heavy atom. The van der Waals surface area contributed by atoms with Crippen molar-refractivity contribution < 1.29 is 14.3 Å². The highest BCUT2D eigenvalue weighted by molar-refractivity contribution is 5.91. The van der Waals surface area contributed by atoms with Gasteiger partial charge in [-0.1, -0.05) is 25.5 Å². The minimum atomic E-state index is -0.789. The van der Waals surface area contributed by atoms with Crippen LogP contribution in [-0.2, 0) is 0 Å². The molecule has 2 rings (SSSR count). The van der Waals surface area contributed by atoms with Crippen molar-refractivity contribution in [1.29, 1.82) is 0 Å². The number of fused-ring (bicyclic) bond motifs is 1. The van der Waals surface area contributed by atoms with Crippen LogP contribution < -0.4 is 10.1 Å². The van der Waals surface area contributed by atoms with Crippen LogP contribution in [0.15, 0.2) is 24.3 Å². The van der Waals surface area contributed by atoms with Crippen LogP contribution in [0.25, 0.3) is 11.0 Å². The quantitative estimate of drug-likeness (QED) is 0.847. The number of hydrogen-bond acceptors (Lipinski definition) is 4. The number of nitrogens with one attached hydrogen (secondary N) is 2. The van der Waals surface area contributed by atoms with E-state index in [1.54, 1.807) is 6.07 Å². The van der Waals surface area contributed by atoms with Crippen LogP contribution in [0.2, 0.25) is 0 Å². The number of benzene rings is 1. The van der Waals surface area contributed by atoms with Crippen LogP contribution in [-0.4, -0.2) is 40.6 Å². The van der Waals surface area contributed by atoms with Crippen LogP contribution in [0.5, 0.6) is 6.01 Å². The topological polar surface area (TPSA) is 87.3 Å². The lowest BCUT2D eigenvalue weighted by atomic mass is 10.3. The zero-order chi connectivity index (χ0) is 15.2. The summed E-state index contributed by atoms with van der Waals surface area (Å²) in [6.45, 7) is 2.54. The molecular weight excluding hydrogens is 272 g/mol. The number of nitrogens with zero attached hydrogens (tertiary/aromatic N) is 2. The fourth-order valence-electron chi connectivity index (χ4n) is 1.70. The maximum Gasteiger partial charge on any atom is 0.425 e. The molecule has 0 saturated carbocycles. The van der Waals surface area contributed by atoms with Gasteiger partial charge in [0.05, 0.1) is 11.0 Å². The van der Waals surface area contributed by atoms with E-state index in [9.17, 15) is 9.59 Å². The number of unbranched alkanes of at least 4 members (excludes halogenated alkanes) is 1. The monoisotopic (exact) mass is 290 g/mol. The molecule has 0 aliphatic carbocycles. The number of aromatic amines is 1. The molecule has 1 heterocycles. The molecule has 0 saturated heterocycles. The average molecular weight is 290 g/mol. The number of para-hydroxylation sites is 2. The zero-order valence-electron chi connectivity index (χ0n) is 12.0. The number of urea groups is 1. The van der Waals surface area contributed by atoms with Crippen LogP contribution in [0.1, 0.15) is 19.8 Å². The van der Waals surface area contributed by atoms with Crippen molar-refractivity contribution >= 4 is 23.2 Å². The second-order valence-electron chi connectivity index (χ2n) is 4.57. The summed E-state index contributed by atoms with van der Waals surface area (Å²) >= 11 is 0. The SMILES string of the molecule is CCCCNC(=O)N(C)C(=O)Oc1nc2ccccc2[nH]1. The Kier molecular flexibility index (Phi) is 4.76. The van der Waals surface area contributed by atoms with Crippen molar-refractivity contribution in [3.05, 3.63) is 24.3 Å². The standard InChI is InChI=1S/C14H18N4O3/c1-3-4-9-15-13(19)18(2)14(20)21-12-16-10-7-5-6-8-11(10)17-12/h5-8H,3-4,9H2,1-2H3,(H,15,19)(H,16,17). The van der Waals surface area contributed by atoms with Gasteiger partial charge in [-0.3, -0.25) is 0 Å². The number of imidazole rings is 1. The van der Waals surface area contributed by atoms with Crippen LogP contribution in [0.3, 0.4) is 0 Å². The Morgan fingerprint density at radius 3 is 2.86 bits per heavy atom. The number of imide groups is 1. The molecule has 0 unspecified atom stereocenters. The Balaban J connectivity index is 1.95. The van der Waals surface area contributed by atoms with E-state index in [1.807, 2.05) is 25.1 Å². The Hall–Kier alpha value is -2.57. The molecule has 0 fully saturated rings. The van der Waals surface area contributed by atoms with E-state index in [0.717, 1.165) is 23.3 Å². The maximum absolute atomic E-state index is 11.8. The molecule has 112 valence electrons. The first-order chi connectivity index (χ1) is 10.1. The molecular formula is C14H18N4O3. The van der Waals surface area contributed by atoms with Crippen molar-refractivity contribution in [3.8, 4) is 6.01 Å². The van der Waals surface area contributed by atoms with Crippen LogP contribution in [0, 0.1) is 0 Å². The number of carbonyl (C=O) groups is 2. The predicted molar refractivity (Wildman–Crippen MR) is 78.2 cm³/mol. The zero-order valence-corrected chi connectivity index (χ0v) is 12.0. The molecule has 0 atom stereocenters. The van der Waals surface area contributed by atoms with Crippen molar-refractivity contribution in [2.75, 3.05) is 13.6 Å². The van der Waals surface area contributed by atoms with Gasteiger partial charge in [0.1, 0.15) is 0 Å². The fourth-order valence-corrected chi connectivity index (χ4v) is 1.70. The normalized spacial score (nSPS) is 10.4. The summed E-state index contributed by atoms with van der Waals surface area (Å²) in [5.41, 5.74) is 1.45. The summed E-state index contributed by atoms with van der Waals surface area (Å²) < 4.78 is 5.05. The molecule has 1 aromatic heterocycles. The van der Waals surface area contributed by atoms with E-state index in [-0.39, 0.29) is 6.01 Å². The molecule has 1 aromatic carbocycles. The van der Waals surface area contributed by atoms with Gasteiger partial charge in [-0.25, -0.2) is 14.5 Å². The summed E-state index contributed by atoms with van der Waals surface area (Å²) in [4.78, 5) is 31.4. The Bertz CT molecular complexity index is 605. The number of hydrogen-bond donors (Lipinski definition) is 2. The number of ether oxygens (including phenoxy) is 1. The van der Waals surface area contributed by atoms with E-state index in [2.05, 4.69) is 15.3 Å². The van der Waals surface area contributed by atoms with Crippen LogP contribution >= 0.6 is 0 Å². The lowest BCUT2D eigenvalue weighted by Crippen LogP contribution is -2.42. The molecule has 7 heteroatoms. The molecule has 2 aromatic rings. The fraction of sp³-hybridized carbons (Fsp3) is 0.357. The van der Waals surface area contributed by atoms with Gasteiger partial charge in [0.15, 0.2) is 0 Å².